The molecule has 0 fully saturated rings. The molecule has 3 aromatic carbocycles. The summed E-state index contributed by atoms with van der Waals surface area (Å²) in [5.41, 5.74) is 12.9. The molecule has 3 rings (SSSR count). The van der Waals surface area contributed by atoms with Gasteiger partial charge in [0.15, 0.2) is 0 Å². The van der Waals surface area contributed by atoms with Crippen LogP contribution in [0.3, 0.4) is 0 Å². The Bertz CT molecular complexity index is 1340. The Morgan fingerprint density at radius 1 is 0.973 bits per heavy atom. The number of carboxylic acid groups (broad SMARTS) is 1. The van der Waals surface area contributed by atoms with Crippen LogP contribution in [0.1, 0.15) is 28.4 Å². The first kappa shape index (κ1) is 27.1. The first-order valence-corrected chi connectivity index (χ1v) is 10.7. The number of allylic oxidation sites excluding steroid dienone is 1. The number of carboxylic acids is 1. The number of halogens is 4. The van der Waals surface area contributed by atoms with Gasteiger partial charge in [0.1, 0.15) is 11.5 Å². The molecular weight excluding hydrogens is 496 g/mol. The van der Waals surface area contributed by atoms with E-state index in [1.54, 1.807) is 24.3 Å². The molecule has 3 aromatic rings. The highest BCUT2D eigenvalue weighted by atomic mass is 19.3. The van der Waals surface area contributed by atoms with Gasteiger partial charge in [0.05, 0.1) is 11.1 Å². The number of carbonyl (C=O) groups excluding carboxylic acids is 1. The Labute approximate surface area is 208 Å². The molecule has 0 saturated carbocycles. The maximum Gasteiger partial charge on any atom is 0.463 e. The largest absolute Gasteiger partial charge is 0.478 e. The van der Waals surface area contributed by atoms with E-state index in [1.807, 2.05) is 0 Å². The van der Waals surface area contributed by atoms with Crippen LogP contribution in [0.2, 0.25) is 0 Å². The number of nitrogens with two attached hydrogens (primary N) is 2. The van der Waals surface area contributed by atoms with Gasteiger partial charge < -0.3 is 26.0 Å². The second kappa shape index (κ2) is 10.6. The smallest absolute Gasteiger partial charge is 0.463 e. The zero-order chi connectivity index (χ0) is 27.4. The number of carbonyl (C=O) groups is 2. The summed E-state index contributed by atoms with van der Waals surface area (Å²) in [5.74, 6) is -7.33. The molecule has 0 aliphatic rings. The maximum absolute atomic E-state index is 13.4. The summed E-state index contributed by atoms with van der Waals surface area (Å²) in [6.45, 7) is 0.0146. The van der Waals surface area contributed by atoms with Gasteiger partial charge in [-0.1, -0.05) is 30.3 Å². The van der Waals surface area contributed by atoms with Gasteiger partial charge in [0, 0.05) is 23.9 Å². The van der Waals surface area contributed by atoms with Crippen molar-refractivity contribution >= 4 is 28.9 Å². The van der Waals surface area contributed by atoms with Gasteiger partial charge in [-0.3, -0.25) is 0 Å². The molecule has 11 heteroatoms. The van der Waals surface area contributed by atoms with Crippen LogP contribution in [0.5, 0.6) is 11.5 Å². The third-order valence-corrected chi connectivity index (χ3v) is 5.15. The van der Waals surface area contributed by atoms with Crippen LogP contribution in [-0.4, -0.2) is 29.1 Å². The van der Waals surface area contributed by atoms with Gasteiger partial charge in [-0.15, -0.1) is 0 Å². The molecule has 194 valence electrons. The lowest BCUT2D eigenvalue weighted by molar-refractivity contribution is -0.301. The molecule has 0 spiro atoms. The van der Waals surface area contributed by atoms with Gasteiger partial charge in [0.2, 0.25) is 0 Å². The highest BCUT2D eigenvalue weighted by molar-refractivity contribution is 6.16. The third kappa shape index (κ3) is 6.57. The van der Waals surface area contributed by atoms with Crippen LogP contribution in [0.15, 0.2) is 72.8 Å². The minimum absolute atomic E-state index is 0.0146. The second-order valence-corrected chi connectivity index (χ2v) is 8.00. The van der Waals surface area contributed by atoms with Crippen molar-refractivity contribution in [3.05, 3.63) is 89.5 Å². The number of anilines is 2. The SMILES string of the molecule is CC(F)(F)C(F)(F)Oc1ccc(C(=O)Oc2ccccc2/C(=C\Cc2ccc(N)cc2N)C(=O)O)cc1. The van der Waals surface area contributed by atoms with Crippen molar-refractivity contribution in [2.75, 3.05) is 11.5 Å². The predicted molar refractivity (Wildman–Crippen MR) is 129 cm³/mol. The number of ether oxygens (including phenoxy) is 2. The Morgan fingerprint density at radius 2 is 1.62 bits per heavy atom. The quantitative estimate of drug-likeness (QED) is 0.114. The minimum atomic E-state index is -4.76. The van der Waals surface area contributed by atoms with E-state index in [9.17, 15) is 32.3 Å². The van der Waals surface area contributed by atoms with E-state index in [1.165, 1.54) is 24.3 Å². The molecule has 0 aliphatic carbocycles. The second-order valence-electron chi connectivity index (χ2n) is 8.00. The van der Waals surface area contributed by atoms with Crippen molar-refractivity contribution in [3.63, 3.8) is 0 Å². The van der Waals surface area contributed by atoms with Crippen LogP contribution in [0.25, 0.3) is 5.57 Å². The normalized spacial score (nSPS) is 12.2. The molecule has 0 atom stereocenters. The molecule has 0 saturated heterocycles. The van der Waals surface area contributed by atoms with Crippen LogP contribution < -0.4 is 20.9 Å². The van der Waals surface area contributed by atoms with Crippen molar-refractivity contribution in [1.82, 2.24) is 0 Å². The average Bonchev–Trinajstić information content (AvgIpc) is 2.80. The molecule has 7 nitrogen and oxygen atoms in total. The summed E-state index contributed by atoms with van der Waals surface area (Å²) in [7, 11) is 0. The Balaban J connectivity index is 1.82. The highest BCUT2D eigenvalue weighted by Crippen LogP contribution is 2.36. The number of hydrogen-bond donors (Lipinski definition) is 3. The zero-order valence-electron chi connectivity index (χ0n) is 19.4. The Kier molecular flexibility index (Phi) is 7.76. The Morgan fingerprint density at radius 3 is 2.22 bits per heavy atom. The summed E-state index contributed by atoms with van der Waals surface area (Å²) >= 11 is 0. The molecule has 0 aliphatic heterocycles. The fourth-order valence-electron chi connectivity index (χ4n) is 3.16. The summed E-state index contributed by atoms with van der Waals surface area (Å²) in [6, 6.07) is 14.6. The molecule has 0 bridgehead atoms. The number of nitrogen functional groups attached to an aromatic ring is 2. The summed E-state index contributed by atoms with van der Waals surface area (Å²) in [5, 5.41) is 9.79. The van der Waals surface area contributed by atoms with Gasteiger partial charge >= 0.3 is 24.0 Å². The summed E-state index contributed by atoms with van der Waals surface area (Å²) in [6.07, 6.45) is -3.20. The lowest BCUT2D eigenvalue weighted by atomic mass is 10.0. The number of alkyl halides is 4. The fourth-order valence-corrected chi connectivity index (χ4v) is 3.16. The third-order valence-electron chi connectivity index (χ3n) is 5.15. The summed E-state index contributed by atoms with van der Waals surface area (Å²) < 4.78 is 62.2. The van der Waals surface area contributed by atoms with Crippen molar-refractivity contribution in [2.24, 2.45) is 0 Å². The van der Waals surface area contributed by atoms with Gasteiger partial charge in [-0.05, 0) is 54.4 Å². The number of aliphatic carboxylic acids is 1. The average molecular weight is 518 g/mol. The molecule has 5 N–H and O–H groups in total. The van der Waals surface area contributed by atoms with E-state index in [2.05, 4.69) is 4.74 Å². The van der Waals surface area contributed by atoms with E-state index < -0.39 is 29.7 Å². The first-order chi connectivity index (χ1) is 17.3. The van der Waals surface area contributed by atoms with E-state index in [4.69, 9.17) is 16.2 Å². The maximum atomic E-state index is 13.4. The molecular formula is C26H22F4N2O5. The van der Waals surface area contributed by atoms with Crippen LogP contribution >= 0.6 is 0 Å². The molecule has 0 radical (unpaired) electrons. The highest BCUT2D eigenvalue weighted by Gasteiger charge is 2.55. The van der Waals surface area contributed by atoms with Crippen LogP contribution in [0.4, 0.5) is 28.9 Å². The molecule has 0 aromatic heterocycles. The molecule has 0 unspecified atom stereocenters. The standard InChI is InChI=1S/C26H22F4N2O5/c1-25(27,28)26(29,30)37-18-11-7-16(8-12-18)24(35)36-22-5-3-2-4-19(22)20(23(33)34)13-9-15-6-10-17(31)14-21(15)32/h2-8,10-14H,9,31-32H2,1H3,(H,33,34)/b20-13+. The van der Waals surface area contributed by atoms with Crippen molar-refractivity contribution in [2.45, 2.75) is 25.4 Å². The van der Waals surface area contributed by atoms with E-state index >= 15 is 0 Å². The number of esters is 1. The van der Waals surface area contributed by atoms with E-state index in [0.717, 1.165) is 24.3 Å². The molecule has 0 amide bonds. The molecule has 37 heavy (non-hydrogen) atoms. The van der Waals surface area contributed by atoms with E-state index in [0.29, 0.717) is 16.9 Å². The number of rotatable bonds is 9. The molecule has 0 heterocycles. The fraction of sp³-hybridized carbons (Fsp3) is 0.154. The van der Waals surface area contributed by atoms with Crippen molar-refractivity contribution < 1.29 is 41.7 Å². The number of hydrogen-bond acceptors (Lipinski definition) is 6. The first-order valence-electron chi connectivity index (χ1n) is 10.7. The van der Waals surface area contributed by atoms with Crippen molar-refractivity contribution in [3.8, 4) is 11.5 Å². The lowest BCUT2D eigenvalue weighted by Crippen LogP contribution is -2.42. The van der Waals surface area contributed by atoms with E-state index in [-0.39, 0.29) is 35.8 Å². The van der Waals surface area contributed by atoms with Crippen LogP contribution in [0, 0.1) is 0 Å². The minimum Gasteiger partial charge on any atom is -0.478 e. The Hall–Kier alpha value is -4.54. The monoisotopic (exact) mass is 518 g/mol. The number of benzene rings is 3. The van der Waals surface area contributed by atoms with Gasteiger partial charge in [-0.25, -0.2) is 9.59 Å². The number of para-hydroxylation sites is 1. The zero-order valence-corrected chi connectivity index (χ0v) is 19.4. The summed E-state index contributed by atoms with van der Waals surface area (Å²) in [4.78, 5) is 24.6. The van der Waals surface area contributed by atoms with Gasteiger partial charge in [0.25, 0.3) is 0 Å². The predicted octanol–water partition coefficient (Wildman–Crippen LogP) is 5.41. The van der Waals surface area contributed by atoms with Crippen molar-refractivity contribution in [1.29, 1.82) is 0 Å². The topological polar surface area (TPSA) is 125 Å². The van der Waals surface area contributed by atoms with Gasteiger partial charge in [-0.2, -0.15) is 17.6 Å². The van der Waals surface area contributed by atoms with Crippen LogP contribution in [-0.2, 0) is 11.2 Å². The lowest BCUT2D eigenvalue weighted by Gasteiger charge is -2.23.